The average molecular weight is 368 g/mol. The number of fused-ring (bicyclic) bond motifs is 3. The fraction of sp³-hybridized carbons (Fsp3) is 0.273. The van der Waals surface area contributed by atoms with Crippen LogP contribution in [0, 0.1) is 50.2 Å². The van der Waals surface area contributed by atoms with Crippen molar-refractivity contribution in [3.8, 4) is 18.2 Å². The highest BCUT2D eigenvalue weighted by Crippen LogP contribution is 2.69. The van der Waals surface area contributed by atoms with E-state index in [1.165, 1.54) is 0 Å². The van der Waals surface area contributed by atoms with Crippen molar-refractivity contribution in [2.45, 2.75) is 24.7 Å². The number of nitriles is 3. The van der Waals surface area contributed by atoms with E-state index in [0.717, 1.165) is 0 Å². The van der Waals surface area contributed by atoms with Gasteiger partial charge in [0, 0.05) is 6.92 Å². The lowest BCUT2D eigenvalue weighted by molar-refractivity contribution is -0.323. The van der Waals surface area contributed by atoms with Gasteiger partial charge in [0.15, 0.2) is 10.8 Å². The van der Waals surface area contributed by atoms with E-state index in [-0.39, 0.29) is 0 Å². The molecule has 1 N–H and O–H groups in total. The Morgan fingerprint density at radius 1 is 0.857 bits per heavy atom. The average Bonchev–Trinajstić information content (AvgIpc) is 2.73. The summed E-state index contributed by atoms with van der Waals surface area (Å²) in [5.41, 5.74) is -2.52. The molecule has 6 heteroatoms. The normalized spacial score (nSPS) is 32.4. The van der Waals surface area contributed by atoms with Crippen LogP contribution in [0.3, 0.4) is 0 Å². The molecule has 0 unspecified atom stereocenters. The molecule has 0 saturated carbocycles. The second kappa shape index (κ2) is 5.92. The third-order valence-electron chi connectivity index (χ3n) is 5.75. The standard InChI is InChI=1S/C22H16N4O2/c1-20-17(15-8-4-2-5-9-15)21(12-23,13-24)22(14-25,19(26)28-20)18(27-20)16-10-6-3-7-11-16/h2-11,17-18,26H,1H3/t17-,18-,20-,22-/m0/s1. The zero-order valence-corrected chi connectivity index (χ0v) is 15.1. The summed E-state index contributed by atoms with van der Waals surface area (Å²) >= 11 is 0. The number of rotatable bonds is 2. The molecule has 3 saturated heterocycles. The monoisotopic (exact) mass is 368 g/mol. The molecule has 3 fully saturated rings. The minimum absolute atomic E-state index is 0.409. The Kier molecular flexibility index (Phi) is 3.75. The zero-order chi connectivity index (χ0) is 20.0. The van der Waals surface area contributed by atoms with Gasteiger partial charge < -0.3 is 9.47 Å². The molecule has 28 heavy (non-hydrogen) atoms. The smallest absolute Gasteiger partial charge is 0.219 e. The quantitative estimate of drug-likeness (QED) is 0.866. The largest absolute Gasteiger partial charge is 0.447 e. The van der Waals surface area contributed by atoms with Crippen LogP contribution >= 0.6 is 0 Å². The first kappa shape index (κ1) is 17.7. The number of ether oxygens (including phenoxy) is 2. The van der Waals surface area contributed by atoms with Gasteiger partial charge in [-0.1, -0.05) is 60.7 Å². The summed E-state index contributed by atoms with van der Waals surface area (Å²) in [6.45, 7) is 1.62. The Labute approximate surface area is 162 Å². The molecule has 3 aliphatic heterocycles. The lowest BCUT2D eigenvalue weighted by atomic mass is 9.49. The first-order valence-electron chi connectivity index (χ1n) is 8.78. The van der Waals surface area contributed by atoms with Gasteiger partial charge in [-0.2, -0.15) is 15.8 Å². The van der Waals surface area contributed by atoms with E-state index < -0.39 is 34.5 Å². The van der Waals surface area contributed by atoms with Crippen molar-refractivity contribution in [3.63, 3.8) is 0 Å². The third-order valence-corrected chi connectivity index (χ3v) is 5.75. The highest BCUT2D eigenvalue weighted by atomic mass is 16.7. The Morgan fingerprint density at radius 2 is 1.39 bits per heavy atom. The van der Waals surface area contributed by atoms with Crippen molar-refractivity contribution >= 4 is 5.90 Å². The minimum Gasteiger partial charge on any atom is -0.447 e. The first-order chi connectivity index (χ1) is 13.5. The maximum absolute atomic E-state index is 10.3. The summed E-state index contributed by atoms with van der Waals surface area (Å²) in [5.74, 6) is -2.74. The number of nitrogens with one attached hydrogen (secondary N) is 1. The van der Waals surface area contributed by atoms with Crippen LogP contribution in [0.15, 0.2) is 60.7 Å². The maximum atomic E-state index is 10.3. The van der Waals surface area contributed by atoms with Gasteiger partial charge in [-0.25, -0.2) is 0 Å². The summed E-state index contributed by atoms with van der Waals surface area (Å²) < 4.78 is 12.0. The molecule has 0 spiro atoms. The molecule has 2 aromatic carbocycles. The molecule has 5 rings (SSSR count). The van der Waals surface area contributed by atoms with Gasteiger partial charge in [0.1, 0.15) is 6.10 Å². The summed E-state index contributed by atoms with van der Waals surface area (Å²) in [5, 5.41) is 39.3. The van der Waals surface area contributed by atoms with E-state index in [0.29, 0.717) is 11.1 Å². The van der Waals surface area contributed by atoms with Crippen molar-refractivity contribution in [1.82, 2.24) is 0 Å². The molecular weight excluding hydrogens is 352 g/mol. The summed E-state index contributed by atoms with van der Waals surface area (Å²) in [4.78, 5) is 0. The van der Waals surface area contributed by atoms with Crippen LogP contribution < -0.4 is 0 Å². The highest BCUT2D eigenvalue weighted by molar-refractivity contribution is 5.89. The number of nitrogens with zero attached hydrogens (tertiary/aromatic N) is 3. The molecule has 2 bridgehead atoms. The summed E-state index contributed by atoms with van der Waals surface area (Å²) in [6, 6.07) is 24.2. The van der Waals surface area contributed by atoms with E-state index in [1.807, 2.05) is 12.1 Å². The van der Waals surface area contributed by atoms with E-state index >= 15 is 0 Å². The lowest BCUT2D eigenvalue weighted by Gasteiger charge is -2.61. The minimum atomic E-state index is -1.91. The fourth-order valence-corrected chi connectivity index (χ4v) is 4.55. The topological polar surface area (TPSA) is 114 Å². The maximum Gasteiger partial charge on any atom is 0.219 e. The fourth-order valence-electron chi connectivity index (χ4n) is 4.55. The second-order valence-electron chi connectivity index (χ2n) is 7.15. The zero-order valence-electron chi connectivity index (χ0n) is 15.1. The molecule has 3 aliphatic rings. The molecular formula is C22H16N4O2. The van der Waals surface area contributed by atoms with Crippen LogP contribution in [0.5, 0.6) is 0 Å². The van der Waals surface area contributed by atoms with Gasteiger partial charge >= 0.3 is 0 Å². The predicted octanol–water partition coefficient (Wildman–Crippen LogP) is 3.81. The van der Waals surface area contributed by atoms with Gasteiger partial charge in [-0.3, -0.25) is 5.41 Å². The van der Waals surface area contributed by atoms with E-state index in [9.17, 15) is 15.8 Å². The van der Waals surface area contributed by atoms with Gasteiger partial charge in [-0.15, -0.1) is 0 Å². The molecule has 0 amide bonds. The summed E-state index contributed by atoms with van der Waals surface area (Å²) in [6.07, 6.45) is -0.982. The third kappa shape index (κ3) is 1.94. The second-order valence-corrected chi connectivity index (χ2v) is 7.15. The van der Waals surface area contributed by atoms with Gasteiger partial charge in [0.25, 0.3) is 0 Å². The van der Waals surface area contributed by atoms with E-state index in [1.54, 1.807) is 55.5 Å². The van der Waals surface area contributed by atoms with E-state index in [4.69, 9.17) is 14.9 Å². The van der Waals surface area contributed by atoms with Crippen LogP contribution in [-0.4, -0.2) is 11.7 Å². The van der Waals surface area contributed by atoms with Gasteiger partial charge in [-0.05, 0) is 11.1 Å². The van der Waals surface area contributed by atoms with Gasteiger partial charge in [0.2, 0.25) is 11.7 Å². The van der Waals surface area contributed by atoms with Crippen LogP contribution in [0.1, 0.15) is 30.1 Å². The van der Waals surface area contributed by atoms with Crippen molar-refractivity contribution < 1.29 is 9.47 Å². The first-order valence-corrected chi connectivity index (χ1v) is 8.78. The Bertz CT molecular complexity index is 1050. The van der Waals surface area contributed by atoms with Crippen LogP contribution in [0.2, 0.25) is 0 Å². The SMILES string of the molecule is C[C@@]12OC(=N)[C@](C#N)([C@H](c3ccccc3)O1)C(C#N)(C#N)[C@H]2c1ccccc1. The molecule has 6 nitrogen and oxygen atoms in total. The molecule has 136 valence electrons. The molecule has 0 radical (unpaired) electrons. The van der Waals surface area contributed by atoms with Crippen molar-refractivity contribution in [3.05, 3.63) is 71.8 Å². The van der Waals surface area contributed by atoms with Crippen molar-refractivity contribution in [1.29, 1.82) is 21.2 Å². The molecule has 4 atom stereocenters. The van der Waals surface area contributed by atoms with Gasteiger partial charge in [0.05, 0.1) is 24.1 Å². The predicted molar refractivity (Wildman–Crippen MR) is 98.4 cm³/mol. The van der Waals surface area contributed by atoms with Crippen molar-refractivity contribution in [2.24, 2.45) is 10.8 Å². The molecule has 0 aliphatic carbocycles. The van der Waals surface area contributed by atoms with Crippen molar-refractivity contribution in [2.75, 3.05) is 0 Å². The number of hydrogen-bond donors (Lipinski definition) is 1. The molecule has 0 aromatic heterocycles. The molecule has 3 heterocycles. The van der Waals surface area contributed by atoms with Crippen LogP contribution in [0.25, 0.3) is 0 Å². The number of hydrogen-bond acceptors (Lipinski definition) is 6. The van der Waals surface area contributed by atoms with Crippen LogP contribution in [-0.2, 0) is 9.47 Å². The molecule has 2 aromatic rings. The van der Waals surface area contributed by atoms with E-state index in [2.05, 4.69) is 18.2 Å². The van der Waals surface area contributed by atoms with Crippen LogP contribution in [0.4, 0.5) is 0 Å². The Hall–Kier alpha value is -3.66. The number of benzene rings is 2. The lowest BCUT2D eigenvalue weighted by Crippen LogP contribution is -2.70. The Balaban J connectivity index is 2.05. The summed E-state index contributed by atoms with van der Waals surface area (Å²) in [7, 11) is 0. The highest BCUT2D eigenvalue weighted by Gasteiger charge is 2.79. The Morgan fingerprint density at radius 3 is 1.89 bits per heavy atom.